The first kappa shape index (κ1) is 15.6. The van der Waals surface area contributed by atoms with Crippen molar-refractivity contribution >= 4 is 29.2 Å². The van der Waals surface area contributed by atoms with Crippen LogP contribution in [0.5, 0.6) is 5.75 Å². The number of nitrogens with one attached hydrogen (secondary N) is 1. The van der Waals surface area contributed by atoms with Gasteiger partial charge in [0, 0.05) is 11.4 Å². The van der Waals surface area contributed by atoms with E-state index in [-0.39, 0.29) is 30.2 Å². The minimum atomic E-state index is -0.879. The molecule has 0 unspecified atom stereocenters. The summed E-state index contributed by atoms with van der Waals surface area (Å²) < 4.78 is 0. The van der Waals surface area contributed by atoms with Crippen molar-refractivity contribution in [2.75, 3.05) is 5.32 Å². The highest BCUT2D eigenvalue weighted by molar-refractivity contribution is 6.31. The Morgan fingerprint density at radius 2 is 1.90 bits per heavy atom. The van der Waals surface area contributed by atoms with Gasteiger partial charge >= 0.3 is 5.97 Å². The maximum atomic E-state index is 12.2. The average Bonchev–Trinajstić information content (AvgIpc) is 2.80. The zero-order chi connectivity index (χ0) is 15.5. The number of carboxylic acid groups (broad SMARTS) is 1. The molecule has 0 saturated heterocycles. The molecule has 0 atom stereocenters. The molecule has 0 radical (unpaired) electrons. The normalized spacial score (nSPS) is 16.6. The van der Waals surface area contributed by atoms with Crippen LogP contribution < -0.4 is 5.32 Å². The maximum absolute atomic E-state index is 12.2. The number of carbonyl (C=O) groups excluding carboxylic acids is 1. The number of amides is 1. The van der Waals surface area contributed by atoms with E-state index in [1.807, 2.05) is 0 Å². The molecule has 6 heteroatoms. The third kappa shape index (κ3) is 4.11. The van der Waals surface area contributed by atoms with Crippen molar-refractivity contribution in [2.24, 2.45) is 5.41 Å². The van der Waals surface area contributed by atoms with E-state index in [1.54, 1.807) is 0 Å². The number of aliphatic carboxylic acids is 1. The van der Waals surface area contributed by atoms with E-state index in [1.165, 1.54) is 18.2 Å². The number of aromatic hydroxyl groups is 1. The van der Waals surface area contributed by atoms with Crippen molar-refractivity contribution in [1.82, 2.24) is 0 Å². The van der Waals surface area contributed by atoms with Gasteiger partial charge in [0.15, 0.2) is 0 Å². The van der Waals surface area contributed by atoms with Crippen molar-refractivity contribution in [2.45, 2.75) is 38.5 Å². The summed E-state index contributed by atoms with van der Waals surface area (Å²) in [6.07, 6.45) is 3.53. The Bertz CT molecular complexity index is 553. The molecular weight excluding hydrogens is 294 g/mol. The molecule has 1 aromatic carbocycles. The predicted octanol–water partition coefficient (Wildman–Crippen LogP) is 3.41. The summed E-state index contributed by atoms with van der Waals surface area (Å²) in [5, 5.41) is 21.7. The first-order valence-corrected chi connectivity index (χ1v) is 7.28. The van der Waals surface area contributed by atoms with Gasteiger partial charge in [-0.1, -0.05) is 24.4 Å². The number of anilines is 1. The first-order valence-electron chi connectivity index (χ1n) is 6.90. The second-order valence-electron chi connectivity index (χ2n) is 5.66. The molecule has 1 fully saturated rings. The van der Waals surface area contributed by atoms with Crippen LogP contribution in [0.3, 0.4) is 0 Å². The Morgan fingerprint density at radius 1 is 1.24 bits per heavy atom. The molecule has 0 aromatic heterocycles. The van der Waals surface area contributed by atoms with E-state index in [0.717, 1.165) is 25.7 Å². The van der Waals surface area contributed by atoms with Crippen molar-refractivity contribution in [3.05, 3.63) is 23.2 Å². The SMILES string of the molecule is O=C(O)CC1(CC(=O)Nc2cc(Cl)ccc2O)CCCC1. The summed E-state index contributed by atoms with van der Waals surface area (Å²) in [5.41, 5.74) is -0.222. The number of hydrogen-bond donors (Lipinski definition) is 3. The number of phenolic OH excluding ortho intramolecular Hbond substituents is 1. The summed E-state index contributed by atoms with van der Waals surface area (Å²) in [4.78, 5) is 23.2. The van der Waals surface area contributed by atoms with Gasteiger partial charge in [-0.25, -0.2) is 0 Å². The maximum Gasteiger partial charge on any atom is 0.303 e. The lowest BCUT2D eigenvalue weighted by Crippen LogP contribution is -2.27. The Balaban J connectivity index is 2.06. The van der Waals surface area contributed by atoms with Crippen LogP contribution in [-0.2, 0) is 9.59 Å². The summed E-state index contributed by atoms with van der Waals surface area (Å²) in [7, 11) is 0. The molecule has 0 bridgehead atoms. The van der Waals surface area contributed by atoms with E-state index in [4.69, 9.17) is 16.7 Å². The van der Waals surface area contributed by atoms with E-state index in [9.17, 15) is 14.7 Å². The van der Waals surface area contributed by atoms with Crippen molar-refractivity contribution in [3.8, 4) is 5.75 Å². The van der Waals surface area contributed by atoms with Crippen molar-refractivity contribution in [3.63, 3.8) is 0 Å². The van der Waals surface area contributed by atoms with Gasteiger partial charge in [0.05, 0.1) is 12.1 Å². The fraction of sp³-hybridized carbons (Fsp3) is 0.467. The number of hydrogen-bond acceptors (Lipinski definition) is 3. The van der Waals surface area contributed by atoms with Crippen LogP contribution in [0.15, 0.2) is 18.2 Å². The Hall–Kier alpha value is -1.75. The molecule has 21 heavy (non-hydrogen) atoms. The summed E-state index contributed by atoms with van der Waals surface area (Å²) in [5.74, 6) is -1.24. The zero-order valence-corrected chi connectivity index (χ0v) is 12.3. The Kier molecular flexibility index (Phi) is 4.73. The quantitative estimate of drug-likeness (QED) is 0.727. The molecule has 1 aliphatic carbocycles. The number of phenols is 1. The number of carbonyl (C=O) groups is 2. The lowest BCUT2D eigenvalue weighted by atomic mass is 9.79. The van der Waals surface area contributed by atoms with Crippen LogP contribution in [0.1, 0.15) is 38.5 Å². The number of rotatable bonds is 5. The zero-order valence-electron chi connectivity index (χ0n) is 11.6. The molecule has 1 aliphatic rings. The van der Waals surface area contributed by atoms with Gasteiger partial charge in [-0.2, -0.15) is 0 Å². The fourth-order valence-electron chi connectivity index (χ4n) is 3.01. The van der Waals surface area contributed by atoms with Gasteiger partial charge in [-0.15, -0.1) is 0 Å². The molecule has 1 amide bonds. The van der Waals surface area contributed by atoms with Gasteiger partial charge < -0.3 is 15.5 Å². The van der Waals surface area contributed by atoms with Crippen LogP contribution in [0.2, 0.25) is 5.02 Å². The van der Waals surface area contributed by atoms with Crippen molar-refractivity contribution in [1.29, 1.82) is 0 Å². The number of benzene rings is 1. The third-order valence-corrected chi connectivity index (χ3v) is 4.19. The van der Waals surface area contributed by atoms with Gasteiger partial charge in [0.1, 0.15) is 5.75 Å². The molecule has 1 saturated carbocycles. The van der Waals surface area contributed by atoms with Gasteiger partial charge in [0.2, 0.25) is 5.91 Å². The lowest BCUT2D eigenvalue weighted by Gasteiger charge is -2.26. The smallest absolute Gasteiger partial charge is 0.303 e. The minimum absolute atomic E-state index is 0.00193. The van der Waals surface area contributed by atoms with Gasteiger partial charge in [-0.3, -0.25) is 9.59 Å². The molecule has 0 heterocycles. The number of halogens is 1. The third-order valence-electron chi connectivity index (χ3n) is 3.96. The van der Waals surface area contributed by atoms with E-state index >= 15 is 0 Å². The summed E-state index contributed by atoms with van der Waals surface area (Å²) >= 11 is 5.83. The monoisotopic (exact) mass is 311 g/mol. The molecular formula is C15H18ClNO4. The molecule has 0 spiro atoms. The molecule has 2 rings (SSSR count). The largest absolute Gasteiger partial charge is 0.506 e. The average molecular weight is 312 g/mol. The van der Waals surface area contributed by atoms with E-state index in [2.05, 4.69) is 5.32 Å². The highest BCUT2D eigenvalue weighted by Gasteiger charge is 2.38. The summed E-state index contributed by atoms with van der Waals surface area (Å²) in [6.45, 7) is 0. The molecule has 1 aromatic rings. The fourth-order valence-corrected chi connectivity index (χ4v) is 3.18. The lowest BCUT2D eigenvalue weighted by molar-refractivity contribution is -0.140. The second kappa shape index (κ2) is 6.35. The highest BCUT2D eigenvalue weighted by Crippen LogP contribution is 2.44. The minimum Gasteiger partial charge on any atom is -0.506 e. The van der Waals surface area contributed by atoms with Gasteiger partial charge in [-0.05, 0) is 36.5 Å². The van der Waals surface area contributed by atoms with E-state index < -0.39 is 11.4 Å². The molecule has 0 aliphatic heterocycles. The summed E-state index contributed by atoms with van der Waals surface area (Å²) in [6, 6.07) is 4.39. The first-order chi connectivity index (χ1) is 9.90. The van der Waals surface area contributed by atoms with Crippen LogP contribution in [-0.4, -0.2) is 22.1 Å². The second-order valence-corrected chi connectivity index (χ2v) is 6.10. The van der Waals surface area contributed by atoms with Crippen LogP contribution in [0.25, 0.3) is 0 Å². The Morgan fingerprint density at radius 3 is 2.52 bits per heavy atom. The predicted molar refractivity (Wildman–Crippen MR) is 79.5 cm³/mol. The van der Waals surface area contributed by atoms with Crippen LogP contribution in [0, 0.1) is 5.41 Å². The molecule has 3 N–H and O–H groups in total. The van der Waals surface area contributed by atoms with Gasteiger partial charge in [0.25, 0.3) is 0 Å². The van der Waals surface area contributed by atoms with Crippen LogP contribution in [0.4, 0.5) is 5.69 Å². The highest BCUT2D eigenvalue weighted by atomic mass is 35.5. The Labute approximate surface area is 127 Å². The number of carboxylic acids is 1. The molecule has 114 valence electrons. The molecule has 5 nitrogen and oxygen atoms in total. The van der Waals surface area contributed by atoms with E-state index in [0.29, 0.717) is 5.02 Å². The van der Waals surface area contributed by atoms with Crippen molar-refractivity contribution < 1.29 is 19.8 Å². The van der Waals surface area contributed by atoms with Crippen LogP contribution >= 0.6 is 11.6 Å². The standard InChI is InChI=1S/C15H18ClNO4/c16-10-3-4-12(18)11(7-10)17-13(19)8-15(9-14(20)21)5-1-2-6-15/h3-4,7,18H,1-2,5-6,8-9H2,(H,17,19)(H,20,21). The topological polar surface area (TPSA) is 86.6 Å².